The zero-order valence-electron chi connectivity index (χ0n) is 23.2. The summed E-state index contributed by atoms with van der Waals surface area (Å²) in [6.45, 7) is 7.05. The van der Waals surface area contributed by atoms with E-state index in [1.165, 1.54) is 30.4 Å². The molecule has 10 nitrogen and oxygen atoms in total. The molecule has 1 heterocycles. The first-order chi connectivity index (χ1) is 20.7. The van der Waals surface area contributed by atoms with Crippen molar-refractivity contribution in [2.75, 3.05) is 11.5 Å². The van der Waals surface area contributed by atoms with Gasteiger partial charge in [0.05, 0.1) is 22.8 Å². The van der Waals surface area contributed by atoms with Gasteiger partial charge in [0, 0.05) is 16.7 Å². The molecule has 3 aromatic rings. The van der Waals surface area contributed by atoms with Crippen molar-refractivity contribution in [1.82, 2.24) is 5.32 Å². The van der Waals surface area contributed by atoms with Crippen molar-refractivity contribution >= 4 is 46.9 Å². The second-order valence-corrected chi connectivity index (χ2v) is 9.80. The van der Waals surface area contributed by atoms with Gasteiger partial charge in [0.15, 0.2) is 11.5 Å². The number of anilines is 1. The zero-order chi connectivity index (χ0) is 32.3. The molecule has 0 saturated carbocycles. The van der Waals surface area contributed by atoms with Crippen molar-refractivity contribution in [3.63, 3.8) is 0 Å². The van der Waals surface area contributed by atoms with Crippen LogP contribution in [0.25, 0.3) is 6.08 Å². The summed E-state index contributed by atoms with van der Waals surface area (Å²) in [6.07, 6.45) is -2.04. The molecule has 0 aromatic heterocycles. The van der Waals surface area contributed by atoms with Crippen LogP contribution >= 0.6 is 11.6 Å². The summed E-state index contributed by atoms with van der Waals surface area (Å²) in [5, 5.41) is 14.0. The van der Waals surface area contributed by atoms with Crippen molar-refractivity contribution in [3.8, 4) is 17.2 Å². The second kappa shape index (κ2) is 12.6. The number of benzene rings is 3. The van der Waals surface area contributed by atoms with Gasteiger partial charge in [-0.1, -0.05) is 23.7 Å². The number of amides is 4. The predicted molar refractivity (Wildman–Crippen MR) is 155 cm³/mol. The Hall–Kier alpha value is -5.17. The average molecular weight is 630 g/mol. The Balaban J connectivity index is 1.82. The quantitative estimate of drug-likeness (QED) is 0.0874. The smallest absolute Gasteiger partial charge is 0.416 e. The molecule has 0 spiro atoms. The summed E-state index contributed by atoms with van der Waals surface area (Å²) in [6, 6.07) is 8.32. The molecular formula is C30H23ClF3N3O7. The molecule has 44 heavy (non-hydrogen) atoms. The largest absolute Gasteiger partial charge is 0.490 e. The highest BCUT2D eigenvalue weighted by Crippen LogP contribution is 2.43. The van der Waals surface area contributed by atoms with Crippen LogP contribution in [-0.4, -0.2) is 29.4 Å². The normalized spacial score (nSPS) is 14.5. The van der Waals surface area contributed by atoms with Gasteiger partial charge in [-0.25, -0.2) is 9.69 Å². The van der Waals surface area contributed by atoms with Gasteiger partial charge in [-0.15, -0.1) is 6.58 Å². The van der Waals surface area contributed by atoms with Crippen LogP contribution in [0, 0.1) is 17.0 Å². The molecule has 4 amide bonds. The number of aryl methyl sites for hydroxylation is 1. The summed E-state index contributed by atoms with van der Waals surface area (Å²) in [5.74, 6) is -2.40. The number of nitrogens with zero attached hydrogens (tertiary/aromatic N) is 2. The maximum Gasteiger partial charge on any atom is 0.416 e. The topological polar surface area (TPSA) is 128 Å². The minimum atomic E-state index is -4.82. The minimum Gasteiger partial charge on any atom is -0.490 e. The Morgan fingerprint density at radius 1 is 1.09 bits per heavy atom. The number of urea groups is 1. The van der Waals surface area contributed by atoms with Gasteiger partial charge in [0.1, 0.15) is 5.57 Å². The molecule has 14 heteroatoms. The van der Waals surface area contributed by atoms with E-state index in [0.29, 0.717) is 23.3 Å². The van der Waals surface area contributed by atoms with Gasteiger partial charge in [-0.3, -0.25) is 25.0 Å². The van der Waals surface area contributed by atoms with Crippen LogP contribution in [0.4, 0.5) is 29.3 Å². The first kappa shape index (κ1) is 31.8. The van der Waals surface area contributed by atoms with Gasteiger partial charge >= 0.3 is 17.9 Å². The lowest BCUT2D eigenvalue weighted by molar-refractivity contribution is -0.385. The van der Waals surface area contributed by atoms with Gasteiger partial charge in [-0.05, 0) is 73.9 Å². The van der Waals surface area contributed by atoms with Crippen molar-refractivity contribution < 1.29 is 42.0 Å². The second-order valence-electron chi connectivity index (χ2n) is 9.36. The standard InChI is InChI=1S/C30H23ClF3N3O7/c1-4-6-18-11-17(12-21-27(38)35-29(40)36(28(21)39)22-15-20(31)9-7-16(22)3)13-25(43-5-2)26(18)44-24-10-8-19(30(32,33)34)14-23(24)37(41)42/h4,7-15H,1,5-6H2,2-3H3,(H,35,38,40)/b21-12+. The third kappa shape index (κ3) is 6.57. The maximum absolute atomic E-state index is 13.5. The minimum absolute atomic E-state index is 0.00943. The average Bonchev–Trinajstić information content (AvgIpc) is 2.94. The van der Waals surface area contributed by atoms with Crippen LogP contribution in [-0.2, 0) is 22.2 Å². The highest BCUT2D eigenvalue weighted by Gasteiger charge is 2.38. The Bertz CT molecular complexity index is 1740. The van der Waals surface area contributed by atoms with E-state index in [9.17, 15) is 37.7 Å². The monoisotopic (exact) mass is 629 g/mol. The molecule has 1 aliphatic heterocycles. The molecule has 1 fully saturated rings. The van der Waals surface area contributed by atoms with Crippen molar-refractivity contribution in [1.29, 1.82) is 0 Å². The van der Waals surface area contributed by atoms with Gasteiger partial charge < -0.3 is 9.47 Å². The van der Waals surface area contributed by atoms with E-state index in [4.69, 9.17) is 21.1 Å². The number of imide groups is 2. The Morgan fingerprint density at radius 3 is 2.45 bits per heavy atom. The molecule has 0 radical (unpaired) electrons. The molecule has 1 N–H and O–H groups in total. The fraction of sp³-hybridized carbons (Fsp3) is 0.167. The molecule has 0 aliphatic carbocycles. The highest BCUT2D eigenvalue weighted by molar-refractivity contribution is 6.39. The van der Waals surface area contributed by atoms with Crippen LogP contribution in [0.1, 0.15) is 29.2 Å². The van der Waals surface area contributed by atoms with Crippen molar-refractivity contribution in [3.05, 3.63) is 104 Å². The fourth-order valence-corrected chi connectivity index (χ4v) is 4.52. The lowest BCUT2D eigenvalue weighted by Gasteiger charge is -2.27. The van der Waals surface area contributed by atoms with Crippen LogP contribution in [0.15, 0.2) is 66.8 Å². The van der Waals surface area contributed by atoms with E-state index in [1.54, 1.807) is 26.0 Å². The summed E-state index contributed by atoms with van der Waals surface area (Å²) in [5.41, 5.74) is -1.29. The SMILES string of the molecule is C=CCc1cc(/C=C2\C(=O)NC(=O)N(c3cc(Cl)ccc3C)C2=O)cc(OCC)c1Oc1ccc(C(F)(F)F)cc1[N+](=O)[O-]. The number of ether oxygens (including phenoxy) is 2. The molecule has 0 unspecified atom stereocenters. The summed E-state index contributed by atoms with van der Waals surface area (Å²) in [4.78, 5) is 50.3. The number of hydrogen-bond donors (Lipinski definition) is 1. The molecule has 228 valence electrons. The first-order valence-corrected chi connectivity index (χ1v) is 13.2. The molecule has 0 bridgehead atoms. The molecule has 1 saturated heterocycles. The highest BCUT2D eigenvalue weighted by atomic mass is 35.5. The van der Waals surface area contributed by atoms with Crippen molar-refractivity contribution in [2.24, 2.45) is 0 Å². The number of rotatable bonds is 9. The third-order valence-corrected chi connectivity index (χ3v) is 6.57. The van der Waals surface area contributed by atoms with Gasteiger partial charge in [-0.2, -0.15) is 13.2 Å². The van der Waals surface area contributed by atoms with Crippen LogP contribution in [0.5, 0.6) is 17.2 Å². The van der Waals surface area contributed by atoms with Crippen LogP contribution in [0.3, 0.4) is 0 Å². The van der Waals surface area contributed by atoms with E-state index in [1.807, 2.05) is 0 Å². The Morgan fingerprint density at radius 2 is 1.82 bits per heavy atom. The predicted octanol–water partition coefficient (Wildman–Crippen LogP) is 7.16. The molecular weight excluding hydrogens is 607 g/mol. The number of carbonyl (C=O) groups excluding carboxylic acids is 3. The Kier molecular flexibility index (Phi) is 9.09. The van der Waals surface area contributed by atoms with Crippen LogP contribution in [0.2, 0.25) is 5.02 Å². The summed E-state index contributed by atoms with van der Waals surface area (Å²) < 4.78 is 51.1. The number of nitrogens with one attached hydrogen (secondary N) is 1. The number of nitro groups is 1. The van der Waals surface area contributed by atoms with Gasteiger partial charge in [0.2, 0.25) is 5.75 Å². The number of barbiturate groups is 1. The van der Waals surface area contributed by atoms with E-state index in [-0.39, 0.29) is 40.8 Å². The van der Waals surface area contributed by atoms with E-state index >= 15 is 0 Å². The number of hydrogen-bond acceptors (Lipinski definition) is 7. The summed E-state index contributed by atoms with van der Waals surface area (Å²) in [7, 11) is 0. The maximum atomic E-state index is 13.5. The van der Waals surface area contributed by atoms with Crippen LogP contribution < -0.4 is 19.7 Å². The third-order valence-electron chi connectivity index (χ3n) is 6.34. The summed E-state index contributed by atoms with van der Waals surface area (Å²) >= 11 is 6.08. The first-order valence-electron chi connectivity index (χ1n) is 12.9. The molecule has 3 aromatic carbocycles. The molecule has 0 atom stereocenters. The lowest BCUT2D eigenvalue weighted by Crippen LogP contribution is -2.54. The fourth-order valence-electron chi connectivity index (χ4n) is 4.35. The van der Waals surface area contributed by atoms with E-state index in [0.717, 1.165) is 11.0 Å². The number of nitro benzene ring substituents is 1. The number of carbonyl (C=O) groups is 3. The van der Waals surface area contributed by atoms with Gasteiger partial charge in [0.25, 0.3) is 11.8 Å². The van der Waals surface area contributed by atoms with E-state index in [2.05, 4.69) is 11.9 Å². The van der Waals surface area contributed by atoms with Crippen molar-refractivity contribution in [2.45, 2.75) is 26.4 Å². The lowest BCUT2D eigenvalue weighted by atomic mass is 10.0. The molecule has 1 aliphatic rings. The Labute approximate surface area is 253 Å². The number of allylic oxidation sites excluding steroid dienone is 1. The molecule has 4 rings (SSSR count). The zero-order valence-corrected chi connectivity index (χ0v) is 23.9. The number of halogens is 4. The number of alkyl halides is 3. The van der Waals surface area contributed by atoms with E-state index < -0.39 is 51.5 Å².